The van der Waals surface area contributed by atoms with Crippen molar-refractivity contribution in [2.75, 3.05) is 5.32 Å². The summed E-state index contributed by atoms with van der Waals surface area (Å²) in [5.74, 6) is 1.25. The van der Waals surface area contributed by atoms with Crippen molar-refractivity contribution < 1.29 is 4.42 Å². The van der Waals surface area contributed by atoms with Gasteiger partial charge in [-0.05, 0) is 12.3 Å². The van der Waals surface area contributed by atoms with Crippen LogP contribution in [0.25, 0.3) is 0 Å². The Hall–Kier alpha value is -1.10. The minimum atomic E-state index is 0.302. The van der Waals surface area contributed by atoms with Gasteiger partial charge in [-0.3, -0.25) is 0 Å². The SMILES string of the molecule is CCC1CC1Nc1nnc(CN)o1. The molecule has 0 aromatic carbocycles. The first-order valence-corrected chi connectivity index (χ1v) is 4.62. The molecule has 1 aromatic heterocycles. The van der Waals surface area contributed by atoms with E-state index in [1.54, 1.807) is 0 Å². The monoisotopic (exact) mass is 182 g/mol. The van der Waals surface area contributed by atoms with Gasteiger partial charge in [0, 0.05) is 6.04 Å². The summed E-state index contributed by atoms with van der Waals surface area (Å²) in [6.07, 6.45) is 2.41. The summed E-state index contributed by atoms with van der Waals surface area (Å²) in [6, 6.07) is 1.03. The van der Waals surface area contributed by atoms with Gasteiger partial charge in [0.1, 0.15) is 0 Å². The lowest BCUT2D eigenvalue weighted by Crippen LogP contribution is -2.04. The van der Waals surface area contributed by atoms with Gasteiger partial charge in [0.25, 0.3) is 0 Å². The number of hydrogen-bond donors (Lipinski definition) is 2. The Balaban J connectivity index is 1.88. The van der Waals surface area contributed by atoms with Crippen molar-refractivity contribution in [1.29, 1.82) is 0 Å². The largest absolute Gasteiger partial charge is 0.407 e. The molecule has 0 spiro atoms. The third kappa shape index (κ3) is 1.80. The lowest BCUT2D eigenvalue weighted by atomic mass is 10.3. The van der Waals surface area contributed by atoms with E-state index in [1.165, 1.54) is 12.8 Å². The molecule has 1 saturated carbocycles. The molecule has 0 aliphatic heterocycles. The molecule has 2 unspecified atom stereocenters. The molecular weight excluding hydrogens is 168 g/mol. The zero-order chi connectivity index (χ0) is 9.26. The van der Waals surface area contributed by atoms with Crippen LogP contribution in [0.15, 0.2) is 4.42 Å². The fraction of sp³-hybridized carbons (Fsp3) is 0.750. The first-order valence-electron chi connectivity index (χ1n) is 4.62. The van der Waals surface area contributed by atoms with E-state index in [0.717, 1.165) is 5.92 Å². The van der Waals surface area contributed by atoms with E-state index in [1.807, 2.05) is 0 Å². The van der Waals surface area contributed by atoms with Crippen molar-refractivity contribution in [3.63, 3.8) is 0 Å². The molecular formula is C8H14N4O. The lowest BCUT2D eigenvalue weighted by Gasteiger charge is -1.96. The maximum Gasteiger partial charge on any atom is 0.315 e. The van der Waals surface area contributed by atoms with Gasteiger partial charge in [0.15, 0.2) is 0 Å². The first kappa shape index (κ1) is 8.50. The number of nitrogens with two attached hydrogens (primary N) is 1. The topological polar surface area (TPSA) is 77.0 Å². The number of aromatic nitrogens is 2. The van der Waals surface area contributed by atoms with Gasteiger partial charge in [0.05, 0.1) is 6.54 Å². The molecule has 1 aliphatic rings. The Morgan fingerprint density at radius 3 is 3.00 bits per heavy atom. The van der Waals surface area contributed by atoms with E-state index in [0.29, 0.717) is 24.5 Å². The quantitative estimate of drug-likeness (QED) is 0.718. The van der Waals surface area contributed by atoms with Crippen LogP contribution >= 0.6 is 0 Å². The van der Waals surface area contributed by atoms with Crippen LogP contribution in [0.5, 0.6) is 0 Å². The Bertz CT molecular complexity index is 285. The summed E-state index contributed by atoms with van der Waals surface area (Å²) in [7, 11) is 0. The Labute approximate surface area is 76.7 Å². The number of anilines is 1. The molecule has 0 bridgehead atoms. The van der Waals surface area contributed by atoms with Crippen molar-refractivity contribution in [1.82, 2.24) is 10.2 Å². The Kier molecular flexibility index (Phi) is 2.18. The highest BCUT2D eigenvalue weighted by molar-refractivity contribution is 5.24. The maximum atomic E-state index is 5.34. The third-order valence-corrected chi connectivity index (χ3v) is 2.40. The van der Waals surface area contributed by atoms with Gasteiger partial charge in [-0.25, -0.2) is 0 Å². The molecule has 2 atom stereocenters. The van der Waals surface area contributed by atoms with Crippen LogP contribution in [0.2, 0.25) is 0 Å². The molecule has 3 N–H and O–H groups in total. The van der Waals surface area contributed by atoms with E-state index >= 15 is 0 Å². The zero-order valence-electron chi connectivity index (χ0n) is 7.66. The molecule has 1 heterocycles. The summed E-state index contributed by atoms with van der Waals surface area (Å²) in [5, 5.41) is 10.8. The van der Waals surface area contributed by atoms with Gasteiger partial charge < -0.3 is 15.5 Å². The smallest absolute Gasteiger partial charge is 0.315 e. The van der Waals surface area contributed by atoms with Crippen LogP contribution in [-0.4, -0.2) is 16.2 Å². The summed E-state index contributed by atoms with van der Waals surface area (Å²) >= 11 is 0. The van der Waals surface area contributed by atoms with E-state index in [2.05, 4.69) is 22.4 Å². The van der Waals surface area contributed by atoms with Crippen molar-refractivity contribution >= 4 is 6.01 Å². The van der Waals surface area contributed by atoms with Crippen LogP contribution in [0, 0.1) is 5.92 Å². The van der Waals surface area contributed by atoms with Crippen molar-refractivity contribution in [2.45, 2.75) is 32.4 Å². The molecule has 2 rings (SSSR count). The lowest BCUT2D eigenvalue weighted by molar-refractivity contribution is 0.506. The van der Waals surface area contributed by atoms with Crippen molar-refractivity contribution in [2.24, 2.45) is 11.7 Å². The minimum absolute atomic E-state index is 0.302. The van der Waals surface area contributed by atoms with E-state index in [4.69, 9.17) is 10.2 Å². The molecule has 1 fully saturated rings. The number of nitrogens with one attached hydrogen (secondary N) is 1. The van der Waals surface area contributed by atoms with Crippen LogP contribution in [-0.2, 0) is 6.54 Å². The zero-order valence-corrected chi connectivity index (χ0v) is 7.66. The summed E-state index contributed by atoms with van der Waals surface area (Å²) in [4.78, 5) is 0. The van der Waals surface area contributed by atoms with Gasteiger partial charge in [-0.1, -0.05) is 18.4 Å². The molecule has 0 saturated heterocycles. The summed E-state index contributed by atoms with van der Waals surface area (Å²) in [6.45, 7) is 2.49. The molecule has 72 valence electrons. The highest BCUT2D eigenvalue weighted by Crippen LogP contribution is 2.35. The predicted octanol–water partition coefficient (Wildman–Crippen LogP) is 0.739. The second-order valence-electron chi connectivity index (χ2n) is 3.36. The molecule has 1 aromatic rings. The summed E-state index contributed by atoms with van der Waals surface area (Å²) < 4.78 is 5.22. The van der Waals surface area contributed by atoms with Crippen LogP contribution in [0.3, 0.4) is 0 Å². The van der Waals surface area contributed by atoms with Gasteiger partial charge >= 0.3 is 6.01 Å². The Morgan fingerprint density at radius 2 is 2.46 bits per heavy atom. The normalized spacial score (nSPS) is 26.0. The number of hydrogen-bond acceptors (Lipinski definition) is 5. The van der Waals surface area contributed by atoms with Crippen LogP contribution in [0.1, 0.15) is 25.7 Å². The second-order valence-corrected chi connectivity index (χ2v) is 3.36. The molecule has 13 heavy (non-hydrogen) atoms. The van der Waals surface area contributed by atoms with Gasteiger partial charge in [-0.15, -0.1) is 5.10 Å². The second kappa shape index (κ2) is 3.33. The molecule has 5 heteroatoms. The molecule has 1 aliphatic carbocycles. The van der Waals surface area contributed by atoms with Crippen LogP contribution < -0.4 is 11.1 Å². The average molecular weight is 182 g/mol. The van der Waals surface area contributed by atoms with Crippen molar-refractivity contribution in [3.8, 4) is 0 Å². The maximum absolute atomic E-state index is 5.34. The fourth-order valence-corrected chi connectivity index (χ4v) is 1.43. The minimum Gasteiger partial charge on any atom is -0.407 e. The average Bonchev–Trinajstić information content (AvgIpc) is 2.73. The molecule has 0 amide bonds. The Morgan fingerprint density at radius 1 is 1.62 bits per heavy atom. The summed E-state index contributed by atoms with van der Waals surface area (Å²) in [5.41, 5.74) is 5.34. The molecule has 5 nitrogen and oxygen atoms in total. The highest BCUT2D eigenvalue weighted by Gasteiger charge is 2.36. The van der Waals surface area contributed by atoms with Crippen molar-refractivity contribution in [3.05, 3.63) is 5.89 Å². The third-order valence-electron chi connectivity index (χ3n) is 2.40. The van der Waals surface area contributed by atoms with E-state index in [-0.39, 0.29) is 0 Å². The van der Waals surface area contributed by atoms with E-state index in [9.17, 15) is 0 Å². The van der Waals surface area contributed by atoms with Crippen LogP contribution in [0.4, 0.5) is 6.01 Å². The van der Waals surface area contributed by atoms with Gasteiger partial charge in [-0.2, -0.15) is 0 Å². The fourth-order valence-electron chi connectivity index (χ4n) is 1.43. The van der Waals surface area contributed by atoms with E-state index < -0.39 is 0 Å². The number of nitrogens with zero attached hydrogens (tertiary/aromatic N) is 2. The molecule has 0 radical (unpaired) electrons. The standard InChI is InChI=1S/C8H14N4O/c1-2-5-3-6(5)10-8-12-11-7(4-9)13-8/h5-6H,2-4,9H2,1H3,(H,10,12). The number of rotatable bonds is 4. The first-order chi connectivity index (χ1) is 6.33. The van der Waals surface area contributed by atoms with Gasteiger partial charge in [0.2, 0.25) is 5.89 Å². The highest BCUT2D eigenvalue weighted by atomic mass is 16.4. The predicted molar refractivity (Wildman–Crippen MR) is 48.0 cm³/mol.